The molecule has 4 heteroatoms. The molecule has 1 aliphatic rings. The number of nitrogens with zero attached hydrogens (tertiary/aromatic N) is 2. The van der Waals surface area contributed by atoms with Crippen LogP contribution >= 0.6 is 0 Å². The Hall–Kier alpha value is -1.29. The number of pyridine rings is 1. The van der Waals surface area contributed by atoms with E-state index in [1.165, 1.54) is 18.5 Å². The van der Waals surface area contributed by atoms with Gasteiger partial charge in [-0.1, -0.05) is 6.92 Å². The van der Waals surface area contributed by atoms with Gasteiger partial charge in [-0.15, -0.1) is 0 Å². The van der Waals surface area contributed by atoms with Gasteiger partial charge in [-0.2, -0.15) is 0 Å². The number of ether oxygens (including phenoxy) is 1. The summed E-state index contributed by atoms with van der Waals surface area (Å²) in [4.78, 5) is 6.85. The lowest BCUT2D eigenvalue weighted by Crippen LogP contribution is -2.37. The molecule has 0 spiro atoms. The molecule has 20 heavy (non-hydrogen) atoms. The number of anilines is 2. The van der Waals surface area contributed by atoms with Crippen molar-refractivity contribution in [3.8, 4) is 0 Å². The van der Waals surface area contributed by atoms with Crippen molar-refractivity contribution >= 4 is 11.5 Å². The van der Waals surface area contributed by atoms with Crippen LogP contribution in [0.2, 0.25) is 0 Å². The molecule has 1 aromatic heterocycles. The molecule has 1 unspecified atom stereocenters. The van der Waals surface area contributed by atoms with Crippen LogP contribution in [0.1, 0.15) is 33.1 Å². The number of aromatic nitrogens is 1. The Labute approximate surface area is 122 Å². The van der Waals surface area contributed by atoms with E-state index in [0.717, 1.165) is 37.9 Å². The summed E-state index contributed by atoms with van der Waals surface area (Å²) < 4.78 is 5.27. The second-order valence-corrected chi connectivity index (χ2v) is 5.59. The lowest BCUT2D eigenvalue weighted by molar-refractivity contribution is 0.202. The van der Waals surface area contributed by atoms with Crippen LogP contribution in [0.3, 0.4) is 0 Å². The van der Waals surface area contributed by atoms with Crippen LogP contribution in [0.4, 0.5) is 11.5 Å². The standard InChI is InChI=1S/C16H27N3O/c1-4-8-17-16-12-15(7-9-18-16)19(10-11-20-3)13(2)14-5-6-14/h7,9,12-14H,4-6,8,10-11H2,1-3H3,(H,17,18). The summed E-state index contributed by atoms with van der Waals surface area (Å²) in [5.41, 5.74) is 1.25. The molecule has 0 aliphatic heterocycles. The van der Waals surface area contributed by atoms with Gasteiger partial charge in [-0.25, -0.2) is 4.98 Å². The van der Waals surface area contributed by atoms with Gasteiger partial charge < -0.3 is 15.0 Å². The average molecular weight is 277 g/mol. The van der Waals surface area contributed by atoms with Crippen molar-refractivity contribution in [1.82, 2.24) is 4.98 Å². The lowest BCUT2D eigenvalue weighted by Gasteiger charge is -2.31. The van der Waals surface area contributed by atoms with E-state index < -0.39 is 0 Å². The van der Waals surface area contributed by atoms with E-state index >= 15 is 0 Å². The third-order valence-corrected chi connectivity index (χ3v) is 3.96. The van der Waals surface area contributed by atoms with E-state index in [2.05, 4.69) is 41.2 Å². The zero-order chi connectivity index (χ0) is 14.4. The van der Waals surface area contributed by atoms with Crippen molar-refractivity contribution in [2.24, 2.45) is 5.92 Å². The smallest absolute Gasteiger partial charge is 0.127 e. The van der Waals surface area contributed by atoms with Crippen LogP contribution in [-0.2, 0) is 4.74 Å². The minimum Gasteiger partial charge on any atom is -0.383 e. The predicted octanol–water partition coefficient (Wildman–Crippen LogP) is 3.15. The number of hydrogen-bond donors (Lipinski definition) is 1. The van der Waals surface area contributed by atoms with E-state index in [4.69, 9.17) is 4.74 Å². The van der Waals surface area contributed by atoms with Gasteiger partial charge in [0.1, 0.15) is 5.82 Å². The molecule has 1 fully saturated rings. The molecule has 1 aromatic rings. The third-order valence-electron chi connectivity index (χ3n) is 3.96. The monoisotopic (exact) mass is 277 g/mol. The van der Waals surface area contributed by atoms with Crippen molar-refractivity contribution in [2.45, 2.75) is 39.2 Å². The van der Waals surface area contributed by atoms with Crippen LogP contribution in [0.5, 0.6) is 0 Å². The molecule has 0 amide bonds. The molecule has 1 heterocycles. The maximum Gasteiger partial charge on any atom is 0.127 e. The van der Waals surface area contributed by atoms with Gasteiger partial charge in [0.15, 0.2) is 0 Å². The Bertz CT molecular complexity index is 406. The van der Waals surface area contributed by atoms with E-state index in [1.54, 1.807) is 7.11 Å². The highest BCUT2D eigenvalue weighted by Crippen LogP contribution is 2.37. The fraction of sp³-hybridized carbons (Fsp3) is 0.688. The minimum atomic E-state index is 0.576. The molecule has 0 radical (unpaired) electrons. The summed E-state index contributed by atoms with van der Waals surface area (Å²) in [7, 11) is 1.76. The van der Waals surface area contributed by atoms with Gasteiger partial charge in [0, 0.05) is 44.2 Å². The summed E-state index contributed by atoms with van der Waals surface area (Å²) in [5, 5.41) is 3.36. The molecular formula is C16H27N3O. The largest absolute Gasteiger partial charge is 0.383 e. The highest BCUT2D eigenvalue weighted by atomic mass is 16.5. The fourth-order valence-electron chi connectivity index (χ4n) is 2.54. The van der Waals surface area contributed by atoms with Crippen molar-refractivity contribution in [2.75, 3.05) is 37.0 Å². The molecule has 0 saturated heterocycles. The van der Waals surface area contributed by atoms with Crippen LogP contribution in [0, 0.1) is 5.92 Å². The fourth-order valence-corrected chi connectivity index (χ4v) is 2.54. The Morgan fingerprint density at radius 3 is 2.95 bits per heavy atom. The second-order valence-electron chi connectivity index (χ2n) is 5.59. The van der Waals surface area contributed by atoms with Crippen molar-refractivity contribution < 1.29 is 4.74 Å². The molecule has 1 saturated carbocycles. The predicted molar refractivity (Wildman–Crippen MR) is 84.4 cm³/mol. The van der Waals surface area contributed by atoms with E-state index in [1.807, 2.05) is 6.20 Å². The number of nitrogens with one attached hydrogen (secondary N) is 1. The molecule has 1 atom stereocenters. The molecule has 0 bridgehead atoms. The van der Waals surface area contributed by atoms with Crippen LogP contribution in [-0.4, -0.2) is 37.8 Å². The molecule has 112 valence electrons. The minimum absolute atomic E-state index is 0.576. The lowest BCUT2D eigenvalue weighted by atomic mass is 10.1. The third kappa shape index (κ3) is 4.10. The van der Waals surface area contributed by atoms with Crippen LogP contribution in [0.25, 0.3) is 0 Å². The number of methoxy groups -OCH3 is 1. The molecule has 4 nitrogen and oxygen atoms in total. The maximum absolute atomic E-state index is 5.27. The second kappa shape index (κ2) is 7.48. The van der Waals surface area contributed by atoms with Crippen molar-refractivity contribution in [3.63, 3.8) is 0 Å². The van der Waals surface area contributed by atoms with E-state index in [9.17, 15) is 0 Å². The SMILES string of the molecule is CCCNc1cc(N(CCOC)C(C)C2CC2)ccn1. The Kier molecular flexibility index (Phi) is 5.65. The first-order chi connectivity index (χ1) is 9.76. The first-order valence-corrected chi connectivity index (χ1v) is 7.71. The summed E-state index contributed by atoms with van der Waals surface area (Å²) >= 11 is 0. The first-order valence-electron chi connectivity index (χ1n) is 7.71. The molecule has 2 rings (SSSR count). The van der Waals surface area contributed by atoms with Crippen molar-refractivity contribution in [3.05, 3.63) is 18.3 Å². The Morgan fingerprint density at radius 1 is 1.50 bits per heavy atom. The van der Waals surface area contributed by atoms with Crippen LogP contribution < -0.4 is 10.2 Å². The molecule has 0 aromatic carbocycles. The Balaban J connectivity index is 2.09. The van der Waals surface area contributed by atoms with Gasteiger partial charge in [-0.3, -0.25) is 0 Å². The van der Waals surface area contributed by atoms with Gasteiger partial charge in [0.25, 0.3) is 0 Å². The Morgan fingerprint density at radius 2 is 2.30 bits per heavy atom. The normalized spacial score (nSPS) is 15.9. The summed E-state index contributed by atoms with van der Waals surface area (Å²) in [6, 6.07) is 4.84. The molecule has 1 aliphatic carbocycles. The van der Waals surface area contributed by atoms with Crippen molar-refractivity contribution in [1.29, 1.82) is 0 Å². The number of rotatable bonds is 9. The van der Waals surface area contributed by atoms with Crippen LogP contribution in [0.15, 0.2) is 18.3 Å². The topological polar surface area (TPSA) is 37.4 Å². The highest BCUT2D eigenvalue weighted by molar-refractivity contribution is 5.54. The van der Waals surface area contributed by atoms with Gasteiger partial charge in [-0.05, 0) is 38.2 Å². The molecule has 1 N–H and O–H groups in total. The summed E-state index contributed by atoms with van der Waals surface area (Å²) in [6.45, 7) is 7.15. The average Bonchev–Trinajstić information content (AvgIpc) is 3.30. The zero-order valence-corrected chi connectivity index (χ0v) is 12.9. The van der Waals surface area contributed by atoms with Gasteiger partial charge >= 0.3 is 0 Å². The highest BCUT2D eigenvalue weighted by Gasteiger charge is 2.32. The molecular weight excluding hydrogens is 250 g/mol. The van der Waals surface area contributed by atoms with Gasteiger partial charge in [0.2, 0.25) is 0 Å². The zero-order valence-electron chi connectivity index (χ0n) is 12.9. The number of hydrogen-bond acceptors (Lipinski definition) is 4. The first kappa shape index (κ1) is 15.1. The summed E-state index contributed by atoms with van der Waals surface area (Å²) in [5.74, 6) is 1.81. The van der Waals surface area contributed by atoms with Gasteiger partial charge in [0.05, 0.1) is 6.61 Å². The van der Waals surface area contributed by atoms with E-state index in [-0.39, 0.29) is 0 Å². The van der Waals surface area contributed by atoms with E-state index in [0.29, 0.717) is 6.04 Å². The quantitative estimate of drug-likeness (QED) is 0.752. The summed E-state index contributed by atoms with van der Waals surface area (Å²) in [6.07, 6.45) is 5.72. The maximum atomic E-state index is 5.27.